The van der Waals surface area contributed by atoms with Crippen LogP contribution in [0.25, 0.3) is 11.0 Å². The van der Waals surface area contributed by atoms with Gasteiger partial charge in [0.05, 0.1) is 18.7 Å². The van der Waals surface area contributed by atoms with Gasteiger partial charge in [-0.15, -0.1) is 13.2 Å². The van der Waals surface area contributed by atoms with Crippen LogP contribution in [0.5, 0.6) is 11.5 Å². The summed E-state index contributed by atoms with van der Waals surface area (Å²) in [5.41, 5.74) is 1.04. The van der Waals surface area contributed by atoms with Crippen LogP contribution in [0.15, 0.2) is 42.7 Å². The van der Waals surface area contributed by atoms with E-state index in [1.165, 1.54) is 30.5 Å². The molecule has 3 aromatic rings. The Hall–Kier alpha value is -3.23. The highest BCUT2D eigenvalue weighted by atomic mass is 19.4. The summed E-state index contributed by atoms with van der Waals surface area (Å²) in [4.78, 5) is 15.3. The smallest absolute Gasteiger partial charge is 0.493 e. The minimum atomic E-state index is -4.80. The molecule has 0 radical (unpaired) electrons. The van der Waals surface area contributed by atoms with Crippen LogP contribution in [0.3, 0.4) is 0 Å². The molecule has 0 saturated carbocycles. The van der Waals surface area contributed by atoms with E-state index in [9.17, 15) is 18.0 Å². The summed E-state index contributed by atoms with van der Waals surface area (Å²) in [6.45, 7) is 4.50. The number of rotatable bonds is 7. The zero-order valence-corrected chi connectivity index (χ0v) is 15.7. The molecule has 0 atom stereocenters. The lowest BCUT2D eigenvalue weighted by atomic mass is 10.1. The molecule has 1 aromatic carbocycles. The Kier molecular flexibility index (Phi) is 5.67. The fraction of sp³-hybridized carbons (Fsp3) is 0.300. The average molecular weight is 408 g/mol. The summed E-state index contributed by atoms with van der Waals surface area (Å²) >= 11 is 0. The number of carbonyl (C=O) groups is 1. The van der Waals surface area contributed by atoms with Gasteiger partial charge in [0.15, 0.2) is 0 Å². The van der Waals surface area contributed by atoms with E-state index in [-0.39, 0.29) is 23.8 Å². The van der Waals surface area contributed by atoms with E-state index in [1.807, 2.05) is 13.8 Å². The SMILES string of the molecule is CC(C)COc1ccc(OC(F)(F)F)cc1Cn1ccc2cc(C(=O)O)cnc21. The van der Waals surface area contributed by atoms with E-state index >= 15 is 0 Å². The number of hydrogen-bond donors (Lipinski definition) is 1. The van der Waals surface area contributed by atoms with Crippen molar-refractivity contribution in [2.45, 2.75) is 26.8 Å². The summed E-state index contributed by atoms with van der Waals surface area (Å²) in [7, 11) is 0. The molecule has 0 spiro atoms. The first kappa shape index (κ1) is 20.5. The number of fused-ring (bicyclic) bond motifs is 1. The normalized spacial score (nSPS) is 11.8. The summed E-state index contributed by atoms with van der Waals surface area (Å²) < 4.78 is 49.3. The van der Waals surface area contributed by atoms with Crippen molar-refractivity contribution in [2.75, 3.05) is 6.61 Å². The molecule has 6 nitrogen and oxygen atoms in total. The van der Waals surface area contributed by atoms with Gasteiger partial charge in [-0.25, -0.2) is 9.78 Å². The van der Waals surface area contributed by atoms with E-state index in [0.29, 0.717) is 29.0 Å². The summed E-state index contributed by atoms with van der Waals surface area (Å²) in [6.07, 6.45) is -1.88. The third-order valence-corrected chi connectivity index (χ3v) is 4.03. The molecule has 0 fully saturated rings. The van der Waals surface area contributed by atoms with Crippen LogP contribution >= 0.6 is 0 Å². The first-order valence-electron chi connectivity index (χ1n) is 8.82. The number of benzene rings is 1. The summed E-state index contributed by atoms with van der Waals surface area (Å²) in [6, 6.07) is 7.11. The van der Waals surface area contributed by atoms with Gasteiger partial charge in [0.2, 0.25) is 0 Å². The molecule has 9 heteroatoms. The number of alkyl halides is 3. The van der Waals surface area contributed by atoms with Crippen molar-refractivity contribution >= 4 is 17.0 Å². The van der Waals surface area contributed by atoms with Crippen LogP contribution in [0.2, 0.25) is 0 Å². The molecule has 0 aliphatic rings. The van der Waals surface area contributed by atoms with Crippen molar-refractivity contribution in [3.8, 4) is 11.5 Å². The third kappa shape index (κ3) is 5.18. The Morgan fingerprint density at radius 3 is 2.66 bits per heavy atom. The number of ether oxygens (including phenoxy) is 2. The first-order valence-corrected chi connectivity index (χ1v) is 8.82. The Morgan fingerprint density at radius 2 is 2.00 bits per heavy atom. The van der Waals surface area contributed by atoms with E-state index in [2.05, 4.69) is 9.72 Å². The van der Waals surface area contributed by atoms with Crippen molar-refractivity contribution in [1.82, 2.24) is 9.55 Å². The van der Waals surface area contributed by atoms with Gasteiger partial charge in [-0.3, -0.25) is 0 Å². The van der Waals surface area contributed by atoms with Crippen LogP contribution in [-0.2, 0) is 6.54 Å². The maximum atomic E-state index is 12.6. The van der Waals surface area contributed by atoms with E-state index in [1.54, 1.807) is 16.8 Å². The van der Waals surface area contributed by atoms with Crippen LogP contribution in [-0.4, -0.2) is 33.6 Å². The van der Waals surface area contributed by atoms with Crippen LogP contribution in [0, 0.1) is 5.92 Å². The minimum absolute atomic E-state index is 0.0526. The Balaban J connectivity index is 1.95. The van der Waals surface area contributed by atoms with Gasteiger partial charge in [0.1, 0.15) is 17.1 Å². The molecular weight excluding hydrogens is 389 g/mol. The van der Waals surface area contributed by atoms with Gasteiger partial charge in [-0.2, -0.15) is 0 Å². The standard InChI is InChI=1S/C20H19F3N2O4/c1-12(2)11-28-17-4-3-16(29-20(21,22)23)8-15(17)10-25-6-5-13-7-14(19(26)27)9-24-18(13)25/h3-9,12H,10-11H2,1-2H3,(H,26,27). The van der Waals surface area contributed by atoms with Gasteiger partial charge in [0, 0.05) is 23.3 Å². The predicted octanol–water partition coefficient (Wildman–Crippen LogP) is 4.72. The lowest BCUT2D eigenvalue weighted by molar-refractivity contribution is -0.274. The molecular formula is C20H19F3N2O4. The maximum absolute atomic E-state index is 12.6. The molecule has 0 bridgehead atoms. The number of hydrogen-bond acceptors (Lipinski definition) is 4. The van der Waals surface area contributed by atoms with Gasteiger partial charge < -0.3 is 19.1 Å². The van der Waals surface area contributed by atoms with Crippen LogP contribution < -0.4 is 9.47 Å². The second-order valence-corrected chi connectivity index (χ2v) is 6.91. The third-order valence-electron chi connectivity index (χ3n) is 4.03. The maximum Gasteiger partial charge on any atom is 0.573 e. The largest absolute Gasteiger partial charge is 0.573 e. The quantitative estimate of drug-likeness (QED) is 0.613. The highest BCUT2D eigenvalue weighted by Crippen LogP contribution is 2.30. The lowest BCUT2D eigenvalue weighted by Crippen LogP contribution is -2.17. The van der Waals surface area contributed by atoms with Gasteiger partial charge in [-0.05, 0) is 36.2 Å². The zero-order chi connectivity index (χ0) is 21.2. The van der Waals surface area contributed by atoms with Crippen molar-refractivity contribution in [2.24, 2.45) is 5.92 Å². The monoisotopic (exact) mass is 408 g/mol. The molecule has 0 unspecified atom stereocenters. The predicted molar refractivity (Wildman–Crippen MR) is 99.3 cm³/mol. The van der Waals surface area contributed by atoms with Crippen molar-refractivity contribution in [1.29, 1.82) is 0 Å². The van der Waals surface area contributed by atoms with Crippen molar-refractivity contribution < 1.29 is 32.5 Å². The second kappa shape index (κ2) is 8.02. The number of halogens is 3. The second-order valence-electron chi connectivity index (χ2n) is 6.91. The number of aromatic nitrogens is 2. The van der Waals surface area contributed by atoms with Crippen molar-refractivity contribution in [3.63, 3.8) is 0 Å². The summed E-state index contributed by atoms with van der Waals surface area (Å²) in [5, 5.41) is 9.69. The fourth-order valence-electron chi connectivity index (χ4n) is 2.78. The molecule has 0 saturated heterocycles. The first-order chi connectivity index (χ1) is 13.6. The average Bonchev–Trinajstić information content (AvgIpc) is 3.01. The topological polar surface area (TPSA) is 73.6 Å². The molecule has 3 rings (SSSR count). The Morgan fingerprint density at radius 1 is 1.24 bits per heavy atom. The number of aromatic carboxylic acids is 1. The van der Waals surface area contributed by atoms with Crippen LogP contribution in [0.4, 0.5) is 13.2 Å². The number of nitrogens with zero attached hydrogens (tertiary/aromatic N) is 2. The minimum Gasteiger partial charge on any atom is -0.493 e. The molecule has 1 N–H and O–H groups in total. The van der Waals surface area contributed by atoms with E-state index in [0.717, 1.165) is 0 Å². The van der Waals surface area contributed by atoms with Gasteiger partial charge >= 0.3 is 12.3 Å². The van der Waals surface area contributed by atoms with E-state index in [4.69, 9.17) is 9.84 Å². The Bertz CT molecular complexity index is 1030. The fourth-order valence-corrected chi connectivity index (χ4v) is 2.78. The molecule has 0 amide bonds. The molecule has 0 aliphatic carbocycles. The molecule has 2 aromatic heterocycles. The molecule has 154 valence electrons. The van der Waals surface area contributed by atoms with E-state index < -0.39 is 12.3 Å². The number of carboxylic acids is 1. The highest BCUT2D eigenvalue weighted by molar-refractivity contribution is 5.91. The Labute approximate surface area is 164 Å². The number of carboxylic acid groups (broad SMARTS) is 1. The van der Waals surface area contributed by atoms with Gasteiger partial charge in [0.25, 0.3) is 0 Å². The van der Waals surface area contributed by atoms with Gasteiger partial charge in [-0.1, -0.05) is 13.8 Å². The van der Waals surface area contributed by atoms with Crippen LogP contribution in [0.1, 0.15) is 29.8 Å². The highest BCUT2D eigenvalue weighted by Gasteiger charge is 2.31. The zero-order valence-electron chi connectivity index (χ0n) is 15.7. The molecule has 0 aliphatic heterocycles. The number of pyridine rings is 1. The molecule has 2 heterocycles. The van der Waals surface area contributed by atoms with Crippen molar-refractivity contribution in [3.05, 3.63) is 53.9 Å². The lowest BCUT2D eigenvalue weighted by Gasteiger charge is -2.16. The summed E-state index contributed by atoms with van der Waals surface area (Å²) in [5.74, 6) is -0.759. The molecule has 29 heavy (non-hydrogen) atoms.